The van der Waals surface area contributed by atoms with Crippen LogP contribution in [0.15, 0.2) is 0 Å². The maximum atomic E-state index is 8.57. The Kier molecular flexibility index (Phi) is 8.40. The summed E-state index contributed by atoms with van der Waals surface area (Å²) in [5.41, 5.74) is 0. The van der Waals surface area contributed by atoms with Gasteiger partial charge in [0, 0.05) is 19.2 Å². The molecular weight excluding hydrogens is 164 g/mol. The topological polar surface area (TPSA) is 35.5 Å². The molecule has 0 aromatic heterocycles. The van der Waals surface area contributed by atoms with Gasteiger partial charge in [0.1, 0.15) is 0 Å². The molecule has 0 saturated carbocycles. The summed E-state index contributed by atoms with van der Waals surface area (Å²) in [5, 5.41) is 12.0. The summed E-state index contributed by atoms with van der Waals surface area (Å²) in [4.78, 5) is 2.19. The molecule has 0 aliphatic heterocycles. The second kappa shape index (κ2) is 8.48. The molecule has 0 spiro atoms. The van der Waals surface area contributed by atoms with Gasteiger partial charge in [-0.25, -0.2) is 0 Å². The molecule has 0 amide bonds. The lowest BCUT2D eigenvalue weighted by atomic mass is 10.2. The second-order valence-electron chi connectivity index (χ2n) is 3.90. The number of unbranched alkanes of at least 4 members (excludes halogenated alkanes) is 2. The zero-order valence-electron chi connectivity index (χ0n) is 9.21. The number of likely N-dealkylation sites (N-methyl/N-ethyl adjacent to an activating group) is 1. The van der Waals surface area contributed by atoms with Gasteiger partial charge in [0.2, 0.25) is 0 Å². The van der Waals surface area contributed by atoms with Gasteiger partial charge in [-0.05, 0) is 46.8 Å². The number of nitrogens with zero attached hydrogens (tertiary/aromatic N) is 1. The molecule has 80 valence electrons. The zero-order valence-corrected chi connectivity index (χ0v) is 9.21. The first-order valence-electron chi connectivity index (χ1n) is 5.15. The lowest BCUT2D eigenvalue weighted by Crippen LogP contribution is -2.36. The van der Waals surface area contributed by atoms with Crippen molar-refractivity contribution in [3.05, 3.63) is 0 Å². The van der Waals surface area contributed by atoms with Crippen LogP contribution in [-0.4, -0.2) is 49.8 Å². The van der Waals surface area contributed by atoms with Crippen molar-refractivity contribution in [2.24, 2.45) is 0 Å². The van der Waals surface area contributed by atoms with Gasteiger partial charge < -0.3 is 15.3 Å². The number of hydrogen-bond acceptors (Lipinski definition) is 3. The van der Waals surface area contributed by atoms with Gasteiger partial charge in [0.15, 0.2) is 0 Å². The lowest BCUT2D eigenvalue weighted by Gasteiger charge is -2.18. The third-order valence-electron chi connectivity index (χ3n) is 1.97. The molecule has 2 N–H and O–H groups in total. The van der Waals surface area contributed by atoms with E-state index in [1.165, 1.54) is 6.42 Å². The predicted octanol–water partition coefficient (Wildman–Crippen LogP) is 0.689. The average Bonchev–Trinajstić information content (AvgIpc) is 2.02. The highest BCUT2D eigenvalue weighted by Crippen LogP contribution is 1.93. The average molecular weight is 188 g/mol. The number of hydrogen-bond donors (Lipinski definition) is 2. The number of nitrogens with one attached hydrogen (secondary N) is 1. The van der Waals surface area contributed by atoms with Crippen molar-refractivity contribution < 1.29 is 5.11 Å². The molecule has 0 radical (unpaired) electrons. The summed E-state index contributed by atoms with van der Waals surface area (Å²) in [6.45, 7) is 4.67. The molecule has 0 aliphatic rings. The summed E-state index contributed by atoms with van der Waals surface area (Å²) in [6, 6.07) is 0.559. The number of rotatable bonds is 8. The fourth-order valence-corrected chi connectivity index (χ4v) is 1.37. The van der Waals surface area contributed by atoms with E-state index in [1.807, 2.05) is 0 Å². The Balaban J connectivity index is 3.12. The summed E-state index contributed by atoms with van der Waals surface area (Å²) in [7, 11) is 4.17. The molecule has 1 atom stereocenters. The maximum Gasteiger partial charge on any atom is 0.0431 e. The highest BCUT2D eigenvalue weighted by molar-refractivity contribution is 4.62. The van der Waals surface area contributed by atoms with E-state index in [0.29, 0.717) is 12.6 Å². The molecular formula is C10H24N2O. The SMILES string of the molecule is CC(CN(C)C)NCCCCCO. The highest BCUT2D eigenvalue weighted by Gasteiger charge is 2.00. The molecule has 3 nitrogen and oxygen atoms in total. The first-order valence-corrected chi connectivity index (χ1v) is 5.15. The quantitative estimate of drug-likeness (QED) is 0.550. The molecule has 0 fully saturated rings. The molecule has 0 aromatic rings. The Morgan fingerprint density at radius 2 is 1.92 bits per heavy atom. The molecule has 0 saturated heterocycles. The Bertz CT molecular complexity index is 107. The standard InChI is InChI=1S/C10H24N2O/c1-10(9-12(2)3)11-7-5-4-6-8-13/h10-11,13H,4-9H2,1-3H3. The third-order valence-corrected chi connectivity index (χ3v) is 1.97. The van der Waals surface area contributed by atoms with Crippen molar-refractivity contribution in [2.75, 3.05) is 33.8 Å². The van der Waals surface area contributed by atoms with E-state index in [4.69, 9.17) is 5.11 Å². The third kappa shape index (κ3) is 9.80. The molecule has 13 heavy (non-hydrogen) atoms. The van der Waals surface area contributed by atoms with Crippen molar-refractivity contribution >= 4 is 0 Å². The van der Waals surface area contributed by atoms with Crippen molar-refractivity contribution in [3.63, 3.8) is 0 Å². The first-order chi connectivity index (χ1) is 6.16. The van der Waals surface area contributed by atoms with Crippen molar-refractivity contribution in [1.82, 2.24) is 10.2 Å². The monoisotopic (exact) mass is 188 g/mol. The van der Waals surface area contributed by atoms with Crippen LogP contribution in [0.2, 0.25) is 0 Å². The van der Waals surface area contributed by atoms with Crippen LogP contribution < -0.4 is 5.32 Å². The van der Waals surface area contributed by atoms with Gasteiger partial charge in [-0.2, -0.15) is 0 Å². The van der Waals surface area contributed by atoms with Crippen molar-refractivity contribution in [1.29, 1.82) is 0 Å². The van der Waals surface area contributed by atoms with E-state index >= 15 is 0 Å². The molecule has 1 unspecified atom stereocenters. The largest absolute Gasteiger partial charge is 0.396 e. The van der Waals surface area contributed by atoms with Gasteiger partial charge in [-0.1, -0.05) is 0 Å². The van der Waals surface area contributed by atoms with E-state index in [1.54, 1.807) is 0 Å². The number of aliphatic hydroxyl groups excluding tert-OH is 1. The van der Waals surface area contributed by atoms with Crippen LogP contribution in [0.1, 0.15) is 26.2 Å². The Hall–Kier alpha value is -0.120. The fourth-order valence-electron chi connectivity index (χ4n) is 1.37. The van der Waals surface area contributed by atoms with E-state index < -0.39 is 0 Å². The first kappa shape index (κ1) is 12.9. The minimum absolute atomic E-state index is 0.327. The Morgan fingerprint density at radius 1 is 1.23 bits per heavy atom. The van der Waals surface area contributed by atoms with Crippen LogP contribution in [0.25, 0.3) is 0 Å². The van der Waals surface area contributed by atoms with Crippen LogP contribution in [0, 0.1) is 0 Å². The van der Waals surface area contributed by atoms with Crippen LogP contribution in [0.4, 0.5) is 0 Å². The van der Waals surface area contributed by atoms with Crippen LogP contribution in [-0.2, 0) is 0 Å². The normalized spacial score (nSPS) is 13.6. The number of aliphatic hydroxyl groups is 1. The predicted molar refractivity (Wildman–Crippen MR) is 57.0 cm³/mol. The summed E-state index contributed by atoms with van der Waals surface area (Å²) < 4.78 is 0. The van der Waals surface area contributed by atoms with Crippen molar-refractivity contribution in [2.45, 2.75) is 32.2 Å². The summed E-state index contributed by atoms with van der Waals surface area (Å²) >= 11 is 0. The van der Waals surface area contributed by atoms with Gasteiger partial charge in [0.25, 0.3) is 0 Å². The van der Waals surface area contributed by atoms with Crippen LogP contribution in [0.5, 0.6) is 0 Å². The van der Waals surface area contributed by atoms with Gasteiger partial charge in [-0.15, -0.1) is 0 Å². The van der Waals surface area contributed by atoms with Crippen LogP contribution >= 0.6 is 0 Å². The van der Waals surface area contributed by atoms with Crippen molar-refractivity contribution in [3.8, 4) is 0 Å². The van der Waals surface area contributed by atoms with Gasteiger partial charge in [0.05, 0.1) is 0 Å². The molecule has 0 heterocycles. The minimum atomic E-state index is 0.327. The molecule has 0 bridgehead atoms. The second-order valence-corrected chi connectivity index (χ2v) is 3.90. The maximum absolute atomic E-state index is 8.57. The fraction of sp³-hybridized carbons (Fsp3) is 1.00. The van der Waals surface area contributed by atoms with Gasteiger partial charge in [-0.3, -0.25) is 0 Å². The van der Waals surface area contributed by atoms with Crippen LogP contribution in [0.3, 0.4) is 0 Å². The van der Waals surface area contributed by atoms with E-state index in [-0.39, 0.29) is 0 Å². The smallest absolute Gasteiger partial charge is 0.0431 e. The zero-order chi connectivity index (χ0) is 10.1. The molecule has 0 rings (SSSR count). The summed E-state index contributed by atoms with van der Waals surface area (Å²) in [5.74, 6) is 0. The molecule has 0 aliphatic carbocycles. The Labute approximate surface area is 82.1 Å². The van der Waals surface area contributed by atoms with Gasteiger partial charge >= 0.3 is 0 Å². The summed E-state index contributed by atoms with van der Waals surface area (Å²) in [6.07, 6.45) is 3.22. The minimum Gasteiger partial charge on any atom is -0.396 e. The van der Waals surface area contributed by atoms with E-state index in [2.05, 4.69) is 31.2 Å². The molecule has 3 heteroatoms. The van der Waals surface area contributed by atoms with E-state index in [9.17, 15) is 0 Å². The van der Waals surface area contributed by atoms with E-state index in [0.717, 1.165) is 25.9 Å². The molecule has 0 aromatic carbocycles. The lowest BCUT2D eigenvalue weighted by molar-refractivity contribution is 0.281. The Morgan fingerprint density at radius 3 is 2.46 bits per heavy atom. The highest BCUT2D eigenvalue weighted by atomic mass is 16.2.